The number of hydrogen-bond donors (Lipinski definition) is 2. The molecule has 1 aliphatic rings. The van der Waals surface area contributed by atoms with E-state index in [2.05, 4.69) is 10.0 Å². The number of carbonyl (C=O) groups is 1. The average Bonchev–Trinajstić information content (AvgIpc) is 3.00. The van der Waals surface area contributed by atoms with Gasteiger partial charge in [0.1, 0.15) is 9.77 Å². The minimum atomic E-state index is -3.83. The lowest BCUT2D eigenvalue weighted by molar-refractivity contribution is 0.0602. The van der Waals surface area contributed by atoms with Crippen molar-refractivity contribution in [3.05, 3.63) is 40.8 Å². The Kier molecular flexibility index (Phi) is 5.00. The third-order valence-electron chi connectivity index (χ3n) is 3.84. The molecule has 0 saturated heterocycles. The zero-order valence-corrected chi connectivity index (χ0v) is 14.8. The number of benzene rings is 1. The molecule has 2 N–H and O–H groups in total. The minimum Gasteiger partial charge on any atom is -0.465 e. The summed E-state index contributed by atoms with van der Waals surface area (Å²) in [6, 6.07) is 7.06. The third kappa shape index (κ3) is 3.36. The number of sulfonamides is 1. The molecule has 1 aromatic carbocycles. The van der Waals surface area contributed by atoms with Crippen LogP contribution in [0.4, 0.5) is 0 Å². The number of methoxy groups -OCH3 is 1. The Balaban J connectivity index is 1.99. The van der Waals surface area contributed by atoms with Crippen molar-refractivity contribution >= 4 is 37.4 Å². The second kappa shape index (κ2) is 7.02. The van der Waals surface area contributed by atoms with Crippen LogP contribution in [0, 0.1) is 0 Å². The van der Waals surface area contributed by atoms with E-state index < -0.39 is 16.0 Å². The summed E-state index contributed by atoms with van der Waals surface area (Å²) < 4.78 is 33.8. The first-order valence-corrected chi connectivity index (χ1v) is 9.81. The van der Waals surface area contributed by atoms with E-state index in [-0.39, 0.29) is 16.3 Å². The van der Waals surface area contributed by atoms with Crippen LogP contribution in [-0.2, 0) is 14.8 Å². The Morgan fingerprint density at radius 3 is 2.88 bits per heavy atom. The molecule has 0 atom stereocenters. The highest BCUT2D eigenvalue weighted by Gasteiger charge is 2.28. The van der Waals surface area contributed by atoms with Crippen LogP contribution in [0.3, 0.4) is 0 Å². The molecule has 0 amide bonds. The van der Waals surface area contributed by atoms with E-state index in [1.165, 1.54) is 7.11 Å². The predicted molar refractivity (Wildman–Crippen MR) is 93.9 cm³/mol. The number of ether oxygens (including phenoxy) is 1. The number of nitrogens with one attached hydrogen (secondary N) is 2. The zero-order valence-electron chi connectivity index (χ0n) is 13.2. The number of fused-ring (bicyclic) bond motifs is 1. The van der Waals surface area contributed by atoms with Crippen LogP contribution in [0.2, 0.25) is 0 Å². The summed E-state index contributed by atoms with van der Waals surface area (Å²) >= 11 is 1.13. The van der Waals surface area contributed by atoms with E-state index in [9.17, 15) is 13.2 Å². The molecule has 0 radical (unpaired) electrons. The largest absolute Gasteiger partial charge is 0.465 e. The molecule has 6 nitrogen and oxygen atoms in total. The summed E-state index contributed by atoms with van der Waals surface area (Å²) in [5, 5.41) is 3.72. The van der Waals surface area contributed by atoms with Crippen molar-refractivity contribution in [2.75, 3.05) is 26.7 Å². The Morgan fingerprint density at radius 1 is 1.38 bits per heavy atom. The Hall–Kier alpha value is -1.74. The number of rotatable bonds is 5. The van der Waals surface area contributed by atoms with Crippen LogP contribution < -0.4 is 10.0 Å². The molecule has 0 bridgehead atoms. The SMILES string of the molecule is COC(=O)c1sc2ccccc2c1S(=O)(=O)NCC1=CCNCC1. The van der Waals surface area contributed by atoms with Gasteiger partial charge in [-0.1, -0.05) is 29.8 Å². The molecule has 0 unspecified atom stereocenters. The lowest BCUT2D eigenvalue weighted by Gasteiger charge is -2.15. The molecule has 1 aromatic heterocycles. The maximum atomic E-state index is 12.8. The van der Waals surface area contributed by atoms with E-state index in [1.807, 2.05) is 12.1 Å². The van der Waals surface area contributed by atoms with Gasteiger partial charge >= 0.3 is 5.97 Å². The first-order valence-electron chi connectivity index (χ1n) is 7.51. The van der Waals surface area contributed by atoms with Crippen molar-refractivity contribution < 1.29 is 17.9 Å². The van der Waals surface area contributed by atoms with Gasteiger partial charge in [0.15, 0.2) is 0 Å². The molecule has 2 heterocycles. The summed E-state index contributed by atoms with van der Waals surface area (Å²) in [6.07, 6.45) is 2.79. The van der Waals surface area contributed by atoms with Gasteiger partial charge < -0.3 is 10.1 Å². The average molecular weight is 366 g/mol. The quantitative estimate of drug-likeness (QED) is 0.624. The minimum absolute atomic E-state index is 0.00415. The van der Waals surface area contributed by atoms with Gasteiger partial charge in [0.05, 0.1) is 7.11 Å². The van der Waals surface area contributed by atoms with Gasteiger partial charge in [0, 0.05) is 23.2 Å². The van der Waals surface area contributed by atoms with Crippen molar-refractivity contribution in [2.24, 2.45) is 0 Å². The van der Waals surface area contributed by atoms with Gasteiger partial charge in [-0.05, 0) is 19.0 Å². The van der Waals surface area contributed by atoms with E-state index in [0.717, 1.165) is 41.1 Å². The van der Waals surface area contributed by atoms with Crippen LogP contribution in [-0.4, -0.2) is 41.1 Å². The van der Waals surface area contributed by atoms with E-state index in [1.54, 1.807) is 18.2 Å². The van der Waals surface area contributed by atoms with Gasteiger partial charge in [-0.3, -0.25) is 0 Å². The second-order valence-corrected chi connectivity index (χ2v) is 8.15. The van der Waals surface area contributed by atoms with Gasteiger partial charge in [0.2, 0.25) is 10.0 Å². The van der Waals surface area contributed by atoms with Crippen molar-refractivity contribution in [1.82, 2.24) is 10.0 Å². The van der Waals surface area contributed by atoms with Crippen LogP contribution in [0.1, 0.15) is 16.1 Å². The Labute approximate surface area is 144 Å². The van der Waals surface area contributed by atoms with Crippen LogP contribution in [0.5, 0.6) is 0 Å². The molecule has 0 aliphatic carbocycles. The van der Waals surface area contributed by atoms with Gasteiger partial charge in [-0.25, -0.2) is 17.9 Å². The number of carbonyl (C=O) groups excluding carboxylic acids is 1. The Morgan fingerprint density at radius 2 is 2.17 bits per heavy atom. The smallest absolute Gasteiger partial charge is 0.349 e. The topological polar surface area (TPSA) is 84.5 Å². The molecule has 128 valence electrons. The van der Waals surface area contributed by atoms with Gasteiger partial charge in [-0.15, -0.1) is 11.3 Å². The van der Waals surface area contributed by atoms with Crippen LogP contribution in [0.15, 0.2) is 40.8 Å². The highest BCUT2D eigenvalue weighted by atomic mass is 32.2. The lowest BCUT2D eigenvalue weighted by Crippen LogP contribution is -2.30. The Bertz CT molecular complexity index is 900. The van der Waals surface area contributed by atoms with Crippen molar-refractivity contribution in [2.45, 2.75) is 11.3 Å². The number of esters is 1. The fraction of sp³-hybridized carbons (Fsp3) is 0.312. The van der Waals surface area contributed by atoms with Crippen molar-refractivity contribution in [3.8, 4) is 0 Å². The van der Waals surface area contributed by atoms with Crippen molar-refractivity contribution in [1.29, 1.82) is 0 Å². The molecular formula is C16H18N2O4S2. The first-order chi connectivity index (χ1) is 11.5. The fourth-order valence-corrected chi connectivity index (χ4v) is 5.46. The van der Waals surface area contributed by atoms with Gasteiger partial charge in [-0.2, -0.15) is 0 Å². The predicted octanol–water partition coefficient (Wildman–Crippen LogP) is 1.89. The van der Waals surface area contributed by atoms with Crippen molar-refractivity contribution in [3.63, 3.8) is 0 Å². The zero-order chi connectivity index (χ0) is 17.2. The summed E-state index contributed by atoms with van der Waals surface area (Å²) in [4.78, 5) is 12.1. The van der Waals surface area contributed by atoms with Gasteiger partial charge in [0.25, 0.3) is 0 Å². The molecule has 24 heavy (non-hydrogen) atoms. The molecular weight excluding hydrogens is 348 g/mol. The number of thiophene rings is 1. The molecule has 0 saturated carbocycles. The molecule has 1 aliphatic heterocycles. The molecule has 8 heteroatoms. The fourth-order valence-electron chi connectivity index (χ4n) is 2.61. The van der Waals surface area contributed by atoms with E-state index in [0.29, 0.717) is 5.39 Å². The summed E-state index contributed by atoms with van der Waals surface area (Å²) in [5.41, 5.74) is 1.04. The summed E-state index contributed by atoms with van der Waals surface area (Å²) in [6.45, 7) is 1.82. The summed E-state index contributed by atoms with van der Waals surface area (Å²) in [5.74, 6) is -0.641. The third-order valence-corrected chi connectivity index (χ3v) is 6.60. The maximum absolute atomic E-state index is 12.8. The van der Waals surface area contributed by atoms with E-state index >= 15 is 0 Å². The highest BCUT2D eigenvalue weighted by molar-refractivity contribution is 7.90. The normalized spacial score (nSPS) is 15.3. The van der Waals surface area contributed by atoms with Crippen LogP contribution in [0.25, 0.3) is 10.1 Å². The van der Waals surface area contributed by atoms with E-state index in [4.69, 9.17) is 4.74 Å². The monoisotopic (exact) mass is 366 g/mol. The number of hydrogen-bond acceptors (Lipinski definition) is 6. The molecule has 3 rings (SSSR count). The van der Waals surface area contributed by atoms with Crippen LogP contribution >= 0.6 is 11.3 Å². The maximum Gasteiger partial charge on any atom is 0.349 e. The first kappa shape index (κ1) is 17.1. The molecule has 0 fully saturated rings. The molecule has 0 spiro atoms. The summed E-state index contributed by atoms with van der Waals surface area (Å²) in [7, 11) is -2.58. The lowest BCUT2D eigenvalue weighted by atomic mass is 10.1. The standard InChI is InChI=1S/C16H18N2O4S2/c1-22-16(19)14-15(12-4-2-3-5-13(12)23-14)24(20,21)18-10-11-6-8-17-9-7-11/h2-6,17-18H,7-10H2,1H3. The molecule has 2 aromatic rings. The second-order valence-electron chi connectivity index (χ2n) is 5.39. The highest BCUT2D eigenvalue weighted by Crippen LogP contribution is 2.35.